The maximum absolute atomic E-state index is 5.73. The molecule has 1 rings (SSSR count). The molecule has 1 fully saturated rings. The van der Waals surface area contributed by atoms with Crippen LogP contribution in [0.3, 0.4) is 0 Å². The average molecular weight is 156 g/mol. The van der Waals surface area contributed by atoms with Crippen molar-refractivity contribution in [2.75, 3.05) is 6.61 Å². The number of ether oxygens (including phenoxy) is 1. The van der Waals surface area contributed by atoms with Crippen LogP contribution in [0.15, 0.2) is 0 Å². The Morgan fingerprint density at radius 2 is 2.09 bits per heavy atom. The van der Waals surface area contributed by atoms with Crippen LogP contribution in [0.25, 0.3) is 0 Å². The van der Waals surface area contributed by atoms with Gasteiger partial charge < -0.3 is 4.74 Å². The highest BCUT2D eigenvalue weighted by atomic mass is 16.5. The second-order valence-electron chi connectivity index (χ2n) is 4.02. The number of rotatable bonds is 2. The van der Waals surface area contributed by atoms with Gasteiger partial charge in [0.1, 0.15) is 0 Å². The summed E-state index contributed by atoms with van der Waals surface area (Å²) >= 11 is 0. The Balaban J connectivity index is 2.47. The van der Waals surface area contributed by atoms with E-state index in [0.29, 0.717) is 6.10 Å². The van der Waals surface area contributed by atoms with Crippen molar-refractivity contribution < 1.29 is 4.74 Å². The second kappa shape index (κ2) is 3.57. The largest absolute Gasteiger partial charge is 0.377 e. The van der Waals surface area contributed by atoms with Crippen LogP contribution in [0.4, 0.5) is 0 Å². The zero-order valence-electron chi connectivity index (χ0n) is 8.13. The fraction of sp³-hybridized carbons (Fsp3) is 1.00. The van der Waals surface area contributed by atoms with E-state index >= 15 is 0 Å². The van der Waals surface area contributed by atoms with Gasteiger partial charge in [-0.15, -0.1) is 0 Å². The van der Waals surface area contributed by atoms with Crippen molar-refractivity contribution in [2.24, 2.45) is 17.8 Å². The van der Waals surface area contributed by atoms with Crippen LogP contribution < -0.4 is 0 Å². The molecule has 1 nitrogen and oxygen atoms in total. The fourth-order valence-electron chi connectivity index (χ4n) is 1.81. The van der Waals surface area contributed by atoms with E-state index in [-0.39, 0.29) is 0 Å². The van der Waals surface area contributed by atoms with Crippen molar-refractivity contribution in [3.05, 3.63) is 0 Å². The second-order valence-corrected chi connectivity index (χ2v) is 4.02. The van der Waals surface area contributed by atoms with Crippen LogP contribution in [0.1, 0.15) is 34.1 Å². The van der Waals surface area contributed by atoms with Gasteiger partial charge in [-0.3, -0.25) is 0 Å². The third-order valence-corrected chi connectivity index (χ3v) is 3.17. The Bertz CT molecular complexity index is 122. The smallest absolute Gasteiger partial charge is 0.0629 e. The van der Waals surface area contributed by atoms with Gasteiger partial charge in [0.15, 0.2) is 0 Å². The molecule has 1 aliphatic rings. The first-order valence-electron chi connectivity index (χ1n) is 4.78. The molecule has 1 aliphatic heterocycles. The highest BCUT2D eigenvalue weighted by Crippen LogP contribution is 2.31. The van der Waals surface area contributed by atoms with E-state index in [1.807, 2.05) is 0 Å². The van der Waals surface area contributed by atoms with Gasteiger partial charge in [0, 0.05) is 6.61 Å². The Morgan fingerprint density at radius 1 is 1.45 bits per heavy atom. The summed E-state index contributed by atoms with van der Waals surface area (Å²) in [6.45, 7) is 10.1. The molecule has 0 radical (unpaired) electrons. The van der Waals surface area contributed by atoms with Crippen LogP contribution in [-0.2, 0) is 4.74 Å². The summed E-state index contributed by atoms with van der Waals surface area (Å²) < 4.78 is 5.73. The van der Waals surface area contributed by atoms with Crippen molar-refractivity contribution in [1.29, 1.82) is 0 Å². The minimum absolute atomic E-state index is 0.523. The Morgan fingerprint density at radius 3 is 2.45 bits per heavy atom. The van der Waals surface area contributed by atoms with E-state index in [9.17, 15) is 0 Å². The number of hydrogen-bond donors (Lipinski definition) is 0. The SMILES string of the molecule is CCC(C)C1OCC(C)C1C. The minimum atomic E-state index is 0.523. The molecule has 0 aromatic heterocycles. The van der Waals surface area contributed by atoms with E-state index in [2.05, 4.69) is 27.7 Å². The lowest BCUT2D eigenvalue weighted by molar-refractivity contribution is 0.0499. The first-order valence-corrected chi connectivity index (χ1v) is 4.78. The Labute approximate surface area is 70.1 Å². The summed E-state index contributed by atoms with van der Waals surface area (Å²) in [5.74, 6) is 2.24. The van der Waals surface area contributed by atoms with Crippen molar-refractivity contribution in [2.45, 2.75) is 40.2 Å². The Hall–Kier alpha value is -0.0400. The predicted octanol–water partition coefficient (Wildman–Crippen LogP) is 2.70. The molecule has 66 valence electrons. The average Bonchev–Trinajstić information content (AvgIpc) is 2.32. The molecular formula is C10H20O. The summed E-state index contributed by atoms with van der Waals surface area (Å²) in [6.07, 6.45) is 1.76. The van der Waals surface area contributed by atoms with Crippen molar-refractivity contribution in [1.82, 2.24) is 0 Å². The number of hydrogen-bond acceptors (Lipinski definition) is 1. The van der Waals surface area contributed by atoms with Crippen molar-refractivity contribution in [3.63, 3.8) is 0 Å². The van der Waals surface area contributed by atoms with Crippen LogP contribution in [-0.4, -0.2) is 12.7 Å². The third-order valence-electron chi connectivity index (χ3n) is 3.17. The van der Waals surface area contributed by atoms with Gasteiger partial charge in [-0.25, -0.2) is 0 Å². The topological polar surface area (TPSA) is 9.23 Å². The Kier molecular flexibility index (Phi) is 2.94. The molecule has 4 unspecified atom stereocenters. The quantitative estimate of drug-likeness (QED) is 0.597. The molecular weight excluding hydrogens is 136 g/mol. The van der Waals surface area contributed by atoms with Gasteiger partial charge >= 0.3 is 0 Å². The molecule has 4 atom stereocenters. The lowest BCUT2D eigenvalue weighted by Crippen LogP contribution is -2.23. The van der Waals surface area contributed by atoms with E-state index in [1.54, 1.807) is 0 Å². The summed E-state index contributed by atoms with van der Waals surface area (Å²) in [5.41, 5.74) is 0. The van der Waals surface area contributed by atoms with E-state index in [1.165, 1.54) is 6.42 Å². The molecule has 0 amide bonds. The minimum Gasteiger partial charge on any atom is -0.377 e. The molecule has 0 aliphatic carbocycles. The van der Waals surface area contributed by atoms with E-state index in [0.717, 1.165) is 24.4 Å². The zero-order chi connectivity index (χ0) is 8.43. The highest BCUT2D eigenvalue weighted by molar-refractivity contribution is 4.81. The molecule has 1 heterocycles. The van der Waals surface area contributed by atoms with Crippen LogP contribution >= 0.6 is 0 Å². The molecule has 0 aromatic carbocycles. The first kappa shape index (κ1) is 9.05. The van der Waals surface area contributed by atoms with Gasteiger partial charge in [0.25, 0.3) is 0 Å². The molecule has 1 heteroatoms. The standard InChI is InChI=1S/C10H20O/c1-5-7(2)10-9(4)8(3)6-11-10/h7-10H,5-6H2,1-4H3. The van der Waals surface area contributed by atoms with E-state index in [4.69, 9.17) is 4.74 Å². The molecule has 0 N–H and O–H groups in total. The monoisotopic (exact) mass is 156 g/mol. The summed E-state index contributed by atoms with van der Waals surface area (Å²) in [4.78, 5) is 0. The van der Waals surface area contributed by atoms with Crippen LogP contribution in [0.5, 0.6) is 0 Å². The fourth-order valence-corrected chi connectivity index (χ4v) is 1.81. The summed E-state index contributed by atoms with van der Waals surface area (Å²) in [7, 11) is 0. The van der Waals surface area contributed by atoms with E-state index < -0.39 is 0 Å². The third kappa shape index (κ3) is 1.76. The molecule has 0 saturated carbocycles. The van der Waals surface area contributed by atoms with Gasteiger partial charge in [-0.2, -0.15) is 0 Å². The van der Waals surface area contributed by atoms with Crippen LogP contribution in [0, 0.1) is 17.8 Å². The first-order chi connectivity index (χ1) is 5.16. The summed E-state index contributed by atoms with van der Waals surface area (Å²) in [5, 5.41) is 0. The normalized spacial score (nSPS) is 40.9. The van der Waals surface area contributed by atoms with Gasteiger partial charge in [0.05, 0.1) is 6.10 Å². The van der Waals surface area contributed by atoms with Gasteiger partial charge in [0.2, 0.25) is 0 Å². The van der Waals surface area contributed by atoms with Gasteiger partial charge in [-0.1, -0.05) is 34.1 Å². The lowest BCUT2D eigenvalue weighted by atomic mass is 9.87. The predicted molar refractivity (Wildman–Crippen MR) is 47.5 cm³/mol. The maximum atomic E-state index is 5.73. The van der Waals surface area contributed by atoms with Gasteiger partial charge in [-0.05, 0) is 17.8 Å². The molecule has 0 bridgehead atoms. The van der Waals surface area contributed by atoms with Crippen LogP contribution in [0.2, 0.25) is 0 Å². The zero-order valence-corrected chi connectivity index (χ0v) is 8.13. The molecule has 1 saturated heterocycles. The molecule has 11 heavy (non-hydrogen) atoms. The molecule has 0 aromatic rings. The van der Waals surface area contributed by atoms with Crippen molar-refractivity contribution >= 4 is 0 Å². The summed E-state index contributed by atoms with van der Waals surface area (Å²) in [6, 6.07) is 0. The maximum Gasteiger partial charge on any atom is 0.0629 e. The van der Waals surface area contributed by atoms with Crippen molar-refractivity contribution in [3.8, 4) is 0 Å². The lowest BCUT2D eigenvalue weighted by Gasteiger charge is -2.21. The highest BCUT2D eigenvalue weighted by Gasteiger charge is 2.33. The molecule has 0 spiro atoms.